The molecule has 0 aliphatic heterocycles. The summed E-state index contributed by atoms with van der Waals surface area (Å²) < 4.78 is 20.9. The number of esters is 2. The Labute approximate surface area is 179 Å². The number of hydrogen-bond donors (Lipinski definition) is 1. The Morgan fingerprint density at radius 1 is 0.967 bits per heavy atom. The van der Waals surface area contributed by atoms with Gasteiger partial charge in [0.05, 0.1) is 13.2 Å². The van der Waals surface area contributed by atoms with Gasteiger partial charge in [0.25, 0.3) is 5.91 Å². The molecule has 2 rings (SSSR count). The van der Waals surface area contributed by atoms with Crippen molar-refractivity contribution in [2.75, 3.05) is 25.1 Å². The van der Waals surface area contributed by atoms with Crippen LogP contribution >= 0.6 is 11.6 Å². The summed E-state index contributed by atoms with van der Waals surface area (Å²) >= 11 is 6.13. The predicted octanol–water partition coefficient (Wildman–Crippen LogP) is 4.23. The Kier molecular flexibility index (Phi) is 7.88. The molecule has 0 fully saturated rings. The molecule has 1 aromatic heterocycles. The summed E-state index contributed by atoms with van der Waals surface area (Å²) in [5.41, 5.74) is 1.35. The molecule has 0 bridgehead atoms. The van der Waals surface area contributed by atoms with Gasteiger partial charge in [0.1, 0.15) is 22.6 Å². The van der Waals surface area contributed by atoms with Crippen LogP contribution in [0.1, 0.15) is 51.5 Å². The third kappa shape index (κ3) is 5.33. The normalized spacial score (nSPS) is 10.5. The number of aryl methyl sites for hydroxylation is 3. The summed E-state index contributed by atoms with van der Waals surface area (Å²) in [6.45, 7) is 8.25. The van der Waals surface area contributed by atoms with Gasteiger partial charge in [-0.05, 0) is 57.9 Å². The second-order valence-corrected chi connectivity index (χ2v) is 6.76. The number of furan rings is 1. The molecule has 162 valence electrons. The molecular weight excluding hydrogens is 414 g/mol. The summed E-state index contributed by atoms with van der Waals surface area (Å²) in [4.78, 5) is 37.0. The molecule has 0 aliphatic rings. The van der Waals surface area contributed by atoms with Crippen molar-refractivity contribution in [3.8, 4) is 5.75 Å². The lowest BCUT2D eigenvalue weighted by molar-refractivity contribution is -0.118. The van der Waals surface area contributed by atoms with Crippen LogP contribution in [0.15, 0.2) is 16.5 Å². The van der Waals surface area contributed by atoms with Crippen LogP contribution in [0.25, 0.3) is 0 Å². The van der Waals surface area contributed by atoms with E-state index >= 15 is 0 Å². The fourth-order valence-electron chi connectivity index (χ4n) is 2.78. The average Bonchev–Trinajstić information content (AvgIpc) is 3.00. The highest BCUT2D eigenvalue weighted by Crippen LogP contribution is 2.29. The van der Waals surface area contributed by atoms with Crippen LogP contribution in [0.2, 0.25) is 5.02 Å². The predicted molar refractivity (Wildman–Crippen MR) is 110 cm³/mol. The Morgan fingerprint density at radius 3 is 2.03 bits per heavy atom. The van der Waals surface area contributed by atoms with Crippen molar-refractivity contribution in [1.29, 1.82) is 0 Å². The van der Waals surface area contributed by atoms with Gasteiger partial charge in [-0.1, -0.05) is 11.6 Å². The van der Waals surface area contributed by atoms with Crippen molar-refractivity contribution in [3.05, 3.63) is 45.2 Å². The van der Waals surface area contributed by atoms with Gasteiger partial charge in [0.15, 0.2) is 6.61 Å². The van der Waals surface area contributed by atoms with Gasteiger partial charge < -0.3 is 18.6 Å². The van der Waals surface area contributed by atoms with E-state index in [9.17, 15) is 14.4 Å². The topological polar surface area (TPSA) is 104 Å². The molecule has 0 saturated heterocycles. The first-order valence-electron chi connectivity index (χ1n) is 9.36. The first kappa shape index (κ1) is 23.3. The van der Waals surface area contributed by atoms with Gasteiger partial charge in [-0.2, -0.15) is 0 Å². The quantitative estimate of drug-likeness (QED) is 0.616. The second-order valence-electron chi connectivity index (χ2n) is 6.39. The molecule has 1 aromatic carbocycles. The minimum Gasteiger partial charge on any atom is -0.484 e. The van der Waals surface area contributed by atoms with Crippen LogP contribution in [0.5, 0.6) is 5.75 Å². The first-order valence-corrected chi connectivity index (χ1v) is 9.74. The lowest BCUT2D eigenvalue weighted by Crippen LogP contribution is -2.22. The molecule has 9 heteroatoms. The van der Waals surface area contributed by atoms with E-state index in [2.05, 4.69) is 5.32 Å². The summed E-state index contributed by atoms with van der Waals surface area (Å²) in [5.74, 6) is -1.75. The zero-order valence-electron chi connectivity index (χ0n) is 17.5. The number of hydrogen-bond acceptors (Lipinski definition) is 7. The highest BCUT2D eigenvalue weighted by molar-refractivity contribution is 6.32. The number of halogens is 1. The van der Waals surface area contributed by atoms with Crippen LogP contribution in [0.3, 0.4) is 0 Å². The van der Waals surface area contributed by atoms with E-state index in [1.165, 1.54) is 6.92 Å². The number of benzene rings is 1. The highest BCUT2D eigenvalue weighted by Gasteiger charge is 2.31. The van der Waals surface area contributed by atoms with Crippen LogP contribution in [-0.2, 0) is 14.3 Å². The van der Waals surface area contributed by atoms with E-state index in [1.54, 1.807) is 26.0 Å². The van der Waals surface area contributed by atoms with Gasteiger partial charge in [-0.25, -0.2) is 9.59 Å². The molecule has 30 heavy (non-hydrogen) atoms. The number of amides is 1. The Hall–Kier alpha value is -3.00. The summed E-state index contributed by atoms with van der Waals surface area (Å²) in [6.07, 6.45) is 0. The maximum absolute atomic E-state index is 12.4. The van der Waals surface area contributed by atoms with Gasteiger partial charge in [0.2, 0.25) is 5.88 Å². The van der Waals surface area contributed by atoms with E-state index in [-0.39, 0.29) is 42.6 Å². The molecule has 0 aliphatic carbocycles. The van der Waals surface area contributed by atoms with Gasteiger partial charge in [-0.15, -0.1) is 0 Å². The lowest BCUT2D eigenvalue weighted by atomic mass is 10.1. The minimum absolute atomic E-state index is 0.0804. The number of ether oxygens (including phenoxy) is 3. The number of carbonyl (C=O) groups is 3. The van der Waals surface area contributed by atoms with Crippen molar-refractivity contribution in [1.82, 2.24) is 0 Å². The Balaban J connectivity index is 2.22. The molecule has 1 N–H and O–H groups in total. The number of anilines is 1. The standard InChI is InChI=1S/C21H24ClNO7/c1-6-27-20(25)16-13(5)30-19(17(16)21(26)28-7-2)23-15(24)10-29-14-8-11(3)18(22)12(4)9-14/h8-9H,6-7,10H2,1-5H3,(H,23,24). The third-order valence-electron chi connectivity index (χ3n) is 4.08. The van der Waals surface area contributed by atoms with Crippen LogP contribution < -0.4 is 10.1 Å². The first-order chi connectivity index (χ1) is 14.2. The molecule has 0 unspecified atom stereocenters. The Bertz CT molecular complexity index is 941. The largest absolute Gasteiger partial charge is 0.484 e. The van der Waals surface area contributed by atoms with Crippen molar-refractivity contribution >= 4 is 35.3 Å². The minimum atomic E-state index is -0.808. The van der Waals surface area contributed by atoms with E-state index in [1.807, 2.05) is 13.8 Å². The summed E-state index contributed by atoms with van der Waals surface area (Å²) in [7, 11) is 0. The SMILES string of the molecule is CCOC(=O)c1c(C)oc(NC(=O)COc2cc(C)c(Cl)c(C)c2)c1C(=O)OCC. The summed E-state index contributed by atoms with van der Waals surface area (Å²) in [5, 5.41) is 3.08. The number of rotatable bonds is 8. The van der Waals surface area contributed by atoms with E-state index in [0.717, 1.165) is 11.1 Å². The van der Waals surface area contributed by atoms with Gasteiger partial charge in [0, 0.05) is 5.02 Å². The molecule has 0 radical (unpaired) electrons. The number of nitrogens with one attached hydrogen (secondary N) is 1. The average molecular weight is 438 g/mol. The zero-order valence-corrected chi connectivity index (χ0v) is 18.3. The van der Waals surface area contributed by atoms with Crippen molar-refractivity contribution in [2.45, 2.75) is 34.6 Å². The molecule has 8 nitrogen and oxygen atoms in total. The maximum atomic E-state index is 12.4. The van der Waals surface area contributed by atoms with Crippen molar-refractivity contribution in [2.24, 2.45) is 0 Å². The molecule has 1 heterocycles. The van der Waals surface area contributed by atoms with Gasteiger partial charge in [-0.3, -0.25) is 10.1 Å². The third-order valence-corrected chi connectivity index (χ3v) is 4.67. The molecule has 0 saturated carbocycles. The maximum Gasteiger partial charge on any atom is 0.344 e. The number of carbonyl (C=O) groups excluding carboxylic acids is 3. The van der Waals surface area contributed by atoms with Crippen LogP contribution in [0.4, 0.5) is 5.88 Å². The van der Waals surface area contributed by atoms with E-state index in [0.29, 0.717) is 10.8 Å². The van der Waals surface area contributed by atoms with Gasteiger partial charge >= 0.3 is 11.9 Å². The van der Waals surface area contributed by atoms with E-state index in [4.69, 9.17) is 30.2 Å². The molecule has 0 spiro atoms. The molecule has 1 amide bonds. The zero-order chi connectivity index (χ0) is 22.4. The molecular formula is C21H24ClNO7. The molecule has 0 atom stereocenters. The monoisotopic (exact) mass is 437 g/mol. The van der Waals surface area contributed by atoms with Crippen LogP contribution in [0, 0.1) is 20.8 Å². The van der Waals surface area contributed by atoms with Crippen molar-refractivity contribution in [3.63, 3.8) is 0 Å². The van der Waals surface area contributed by atoms with Crippen molar-refractivity contribution < 1.29 is 33.0 Å². The highest BCUT2D eigenvalue weighted by atomic mass is 35.5. The van der Waals surface area contributed by atoms with E-state index < -0.39 is 17.8 Å². The lowest BCUT2D eigenvalue weighted by Gasteiger charge is -2.10. The van der Waals surface area contributed by atoms with Crippen LogP contribution in [-0.4, -0.2) is 37.7 Å². The Morgan fingerprint density at radius 2 is 1.50 bits per heavy atom. The fourth-order valence-corrected chi connectivity index (χ4v) is 2.89. The fraction of sp³-hybridized carbons (Fsp3) is 0.381. The summed E-state index contributed by atoms with van der Waals surface area (Å²) in [6, 6.07) is 3.42. The second kappa shape index (κ2) is 10.2. The molecule has 2 aromatic rings. The smallest absolute Gasteiger partial charge is 0.344 e.